The molecule has 0 radical (unpaired) electrons. The first-order valence-electron chi connectivity index (χ1n) is 7.56. The third-order valence-electron chi connectivity index (χ3n) is 3.47. The maximum absolute atomic E-state index is 12.0. The Kier molecular flexibility index (Phi) is 7.55. The van der Waals surface area contributed by atoms with Gasteiger partial charge in [0.2, 0.25) is 0 Å². The number of carbonyl (C=O) groups excluding carboxylic acids is 1. The maximum Gasteiger partial charge on any atom is 0.297 e. The first-order chi connectivity index (χ1) is 10.4. The van der Waals surface area contributed by atoms with Crippen LogP contribution in [0.1, 0.15) is 40.0 Å². The highest BCUT2D eigenvalue weighted by Crippen LogP contribution is 2.18. The number of hydrogen-bond donors (Lipinski definition) is 0. The van der Waals surface area contributed by atoms with Gasteiger partial charge in [-0.25, -0.2) is 0 Å². The fourth-order valence-electron chi connectivity index (χ4n) is 2.04. The van der Waals surface area contributed by atoms with E-state index in [0.717, 1.165) is 12.8 Å². The van der Waals surface area contributed by atoms with Gasteiger partial charge in [-0.2, -0.15) is 8.42 Å². The summed E-state index contributed by atoms with van der Waals surface area (Å²) in [5, 5.41) is 0. The average Bonchev–Trinajstić information content (AvgIpc) is 2.51. The quantitative estimate of drug-likeness (QED) is 0.617. The van der Waals surface area contributed by atoms with Crippen molar-refractivity contribution in [2.75, 3.05) is 13.2 Å². The lowest BCUT2D eigenvalue weighted by Crippen LogP contribution is -2.17. The number of rotatable bonds is 10. The van der Waals surface area contributed by atoms with Gasteiger partial charge in [0, 0.05) is 6.42 Å². The van der Waals surface area contributed by atoms with Crippen molar-refractivity contribution in [3.05, 3.63) is 24.3 Å². The molecule has 5 nitrogen and oxygen atoms in total. The minimum atomic E-state index is -3.91. The largest absolute Gasteiger partial charge is 0.494 e. The molecule has 0 atom stereocenters. The van der Waals surface area contributed by atoms with Crippen LogP contribution in [0.15, 0.2) is 29.2 Å². The second-order valence-electron chi connectivity index (χ2n) is 5.05. The van der Waals surface area contributed by atoms with E-state index in [2.05, 4.69) is 0 Å². The summed E-state index contributed by atoms with van der Waals surface area (Å²) in [6.07, 6.45) is 2.15. The van der Waals surface area contributed by atoms with Gasteiger partial charge in [-0.05, 0) is 37.1 Å². The molecule has 0 bridgehead atoms. The number of ketones is 1. The predicted octanol–water partition coefficient (Wildman–Crippen LogP) is 3.19. The van der Waals surface area contributed by atoms with Gasteiger partial charge in [0.15, 0.2) is 5.78 Å². The summed E-state index contributed by atoms with van der Waals surface area (Å²) in [4.78, 5) is 11.8. The van der Waals surface area contributed by atoms with Crippen LogP contribution in [0.2, 0.25) is 0 Å². The van der Waals surface area contributed by atoms with Crippen LogP contribution in [0.5, 0.6) is 5.75 Å². The first kappa shape index (κ1) is 18.6. The highest BCUT2D eigenvalue weighted by atomic mass is 32.2. The minimum absolute atomic E-state index is 0.0197. The molecule has 0 saturated heterocycles. The van der Waals surface area contributed by atoms with E-state index in [1.807, 2.05) is 20.8 Å². The Labute approximate surface area is 132 Å². The Hall–Kier alpha value is -1.40. The molecule has 1 rings (SSSR count). The maximum atomic E-state index is 12.0. The van der Waals surface area contributed by atoms with Crippen LogP contribution in [0.25, 0.3) is 0 Å². The lowest BCUT2D eigenvalue weighted by Gasteiger charge is -2.11. The third-order valence-corrected chi connectivity index (χ3v) is 4.75. The monoisotopic (exact) mass is 328 g/mol. The zero-order chi connectivity index (χ0) is 16.6. The van der Waals surface area contributed by atoms with Gasteiger partial charge in [-0.3, -0.25) is 8.98 Å². The van der Waals surface area contributed by atoms with Gasteiger partial charge in [0.1, 0.15) is 12.4 Å². The van der Waals surface area contributed by atoms with E-state index in [4.69, 9.17) is 8.92 Å². The fraction of sp³-hybridized carbons (Fsp3) is 0.562. The van der Waals surface area contributed by atoms with Crippen LogP contribution >= 0.6 is 0 Å². The van der Waals surface area contributed by atoms with Crippen molar-refractivity contribution in [2.45, 2.75) is 44.9 Å². The normalized spacial score (nSPS) is 11.6. The summed E-state index contributed by atoms with van der Waals surface area (Å²) in [5.74, 6) is 0.679. The summed E-state index contributed by atoms with van der Waals surface area (Å²) in [6.45, 7) is 5.97. The van der Waals surface area contributed by atoms with E-state index in [1.54, 1.807) is 12.1 Å². The van der Waals surface area contributed by atoms with Gasteiger partial charge >= 0.3 is 0 Å². The Morgan fingerprint density at radius 3 is 2.18 bits per heavy atom. The van der Waals surface area contributed by atoms with Crippen LogP contribution in [-0.4, -0.2) is 27.4 Å². The van der Waals surface area contributed by atoms with Crippen molar-refractivity contribution in [2.24, 2.45) is 5.92 Å². The van der Waals surface area contributed by atoms with Crippen molar-refractivity contribution >= 4 is 15.9 Å². The molecule has 0 amide bonds. The summed E-state index contributed by atoms with van der Waals surface area (Å²) in [5.41, 5.74) is 0. The van der Waals surface area contributed by atoms with Crippen LogP contribution in [0, 0.1) is 5.92 Å². The number of ether oxygens (including phenoxy) is 1. The summed E-state index contributed by atoms with van der Waals surface area (Å²) in [6, 6.07) is 5.94. The molecule has 0 spiro atoms. The van der Waals surface area contributed by atoms with Crippen molar-refractivity contribution < 1.29 is 22.1 Å². The molecule has 0 heterocycles. The molecule has 0 unspecified atom stereocenters. The Bertz CT molecular complexity index is 559. The molecular weight excluding hydrogens is 304 g/mol. The zero-order valence-corrected chi connectivity index (χ0v) is 14.2. The van der Waals surface area contributed by atoms with Gasteiger partial charge in [0.05, 0.1) is 11.5 Å². The van der Waals surface area contributed by atoms with Gasteiger partial charge in [-0.1, -0.05) is 26.7 Å². The molecule has 124 valence electrons. The molecule has 0 N–H and O–H groups in total. The predicted molar refractivity (Wildman–Crippen MR) is 84.4 cm³/mol. The lowest BCUT2D eigenvalue weighted by atomic mass is 9.97. The molecule has 22 heavy (non-hydrogen) atoms. The fourth-order valence-corrected chi connectivity index (χ4v) is 2.93. The van der Waals surface area contributed by atoms with E-state index in [-0.39, 0.29) is 16.6 Å². The minimum Gasteiger partial charge on any atom is -0.494 e. The molecular formula is C16H24O5S. The topological polar surface area (TPSA) is 69.7 Å². The molecule has 0 saturated carbocycles. The smallest absolute Gasteiger partial charge is 0.297 e. The Balaban J connectivity index is 2.61. The molecule has 0 aromatic heterocycles. The molecule has 0 aliphatic heterocycles. The SMILES string of the molecule is CCOc1ccc(S(=O)(=O)OCC(=O)CC(CC)CC)cc1. The third kappa shape index (κ3) is 5.77. The second kappa shape index (κ2) is 8.90. The van der Waals surface area contributed by atoms with E-state index in [9.17, 15) is 13.2 Å². The first-order valence-corrected chi connectivity index (χ1v) is 8.97. The average molecular weight is 328 g/mol. The standard InChI is InChI=1S/C16H24O5S/c1-4-13(5-2)11-14(17)12-21-22(18,19)16-9-7-15(8-10-16)20-6-3/h7-10,13H,4-6,11-12H2,1-3H3. The van der Waals surface area contributed by atoms with Crippen molar-refractivity contribution in [1.29, 1.82) is 0 Å². The second-order valence-corrected chi connectivity index (χ2v) is 6.66. The molecule has 6 heteroatoms. The summed E-state index contributed by atoms with van der Waals surface area (Å²) in [7, 11) is -3.91. The molecule has 1 aromatic rings. The molecule has 0 aliphatic rings. The number of hydrogen-bond acceptors (Lipinski definition) is 5. The van der Waals surface area contributed by atoms with E-state index >= 15 is 0 Å². The van der Waals surface area contributed by atoms with Crippen molar-refractivity contribution in [1.82, 2.24) is 0 Å². The molecule has 1 aromatic carbocycles. The van der Waals surface area contributed by atoms with Crippen LogP contribution in [0.3, 0.4) is 0 Å². The van der Waals surface area contributed by atoms with Crippen LogP contribution in [-0.2, 0) is 19.1 Å². The van der Waals surface area contributed by atoms with E-state index in [0.29, 0.717) is 18.8 Å². The number of benzene rings is 1. The van der Waals surface area contributed by atoms with Crippen molar-refractivity contribution in [3.8, 4) is 5.75 Å². The molecule has 0 aliphatic carbocycles. The number of Topliss-reactive ketones (excluding diaryl/α,β-unsaturated/α-hetero) is 1. The Morgan fingerprint density at radius 2 is 1.68 bits per heavy atom. The van der Waals surface area contributed by atoms with E-state index in [1.165, 1.54) is 12.1 Å². The van der Waals surface area contributed by atoms with Gasteiger partial charge in [-0.15, -0.1) is 0 Å². The van der Waals surface area contributed by atoms with Crippen molar-refractivity contribution in [3.63, 3.8) is 0 Å². The van der Waals surface area contributed by atoms with Gasteiger partial charge < -0.3 is 4.74 Å². The molecule has 0 fully saturated rings. The van der Waals surface area contributed by atoms with Crippen LogP contribution < -0.4 is 4.74 Å². The zero-order valence-electron chi connectivity index (χ0n) is 13.4. The Morgan fingerprint density at radius 1 is 1.09 bits per heavy atom. The summed E-state index contributed by atoms with van der Waals surface area (Å²) >= 11 is 0. The highest BCUT2D eigenvalue weighted by Gasteiger charge is 2.18. The van der Waals surface area contributed by atoms with E-state index < -0.39 is 16.7 Å². The van der Waals surface area contributed by atoms with Crippen LogP contribution in [0.4, 0.5) is 0 Å². The summed E-state index contributed by atoms with van der Waals surface area (Å²) < 4.78 is 34.1. The number of carbonyl (C=O) groups is 1. The lowest BCUT2D eigenvalue weighted by molar-refractivity contribution is -0.121. The van der Waals surface area contributed by atoms with Gasteiger partial charge in [0.25, 0.3) is 10.1 Å². The highest BCUT2D eigenvalue weighted by molar-refractivity contribution is 7.86.